The third-order valence-corrected chi connectivity index (χ3v) is 5.21. The maximum atomic E-state index is 12.6. The maximum Gasteiger partial charge on any atom is 0.261 e. The molecule has 0 saturated carbocycles. The van der Waals surface area contributed by atoms with Crippen molar-refractivity contribution >= 4 is 21.6 Å². The van der Waals surface area contributed by atoms with Crippen LogP contribution in [0.5, 0.6) is 11.5 Å². The molecular weight excluding hydrogens is 372 g/mol. The molecule has 0 unspecified atom stereocenters. The largest absolute Gasteiger partial charge is 0.486 e. The van der Waals surface area contributed by atoms with Gasteiger partial charge in [0, 0.05) is 25.3 Å². The number of fused-ring (bicyclic) bond motifs is 1. The fourth-order valence-electron chi connectivity index (χ4n) is 2.48. The van der Waals surface area contributed by atoms with Gasteiger partial charge in [0.15, 0.2) is 11.5 Å². The third kappa shape index (κ3) is 4.69. The Morgan fingerprint density at radius 3 is 2.48 bits per heavy atom. The average Bonchev–Trinajstić information content (AvgIpc) is 2.68. The standard InChI is InChI=1S/C18H20N2O6S/c1-24-9-8-19-18(21)13-2-5-15(6-3-13)27(22,23)20-14-4-7-16-17(12-14)26-11-10-25-16/h2-7,12,20H,8-11H2,1H3,(H,19,21). The molecule has 0 aromatic heterocycles. The van der Waals surface area contributed by atoms with Crippen LogP contribution in [0.1, 0.15) is 10.4 Å². The van der Waals surface area contributed by atoms with Gasteiger partial charge in [-0.05, 0) is 36.4 Å². The van der Waals surface area contributed by atoms with E-state index in [1.165, 1.54) is 24.3 Å². The van der Waals surface area contributed by atoms with Crippen molar-refractivity contribution < 1.29 is 27.4 Å². The molecule has 2 N–H and O–H groups in total. The van der Waals surface area contributed by atoms with Crippen LogP contribution >= 0.6 is 0 Å². The number of amides is 1. The Hall–Kier alpha value is -2.78. The zero-order valence-corrected chi connectivity index (χ0v) is 15.5. The molecule has 0 atom stereocenters. The van der Waals surface area contributed by atoms with Gasteiger partial charge in [0.05, 0.1) is 17.2 Å². The van der Waals surface area contributed by atoms with Crippen LogP contribution < -0.4 is 19.5 Å². The van der Waals surface area contributed by atoms with Crippen LogP contribution in [0.4, 0.5) is 5.69 Å². The van der Waals surface area contributed by atoms with Crippen molar-refractivity contribution in [1.82, 2.24) is 5.32 Å². The average molecular weight is 392 g/mol. The van der Waals surface area contributed by atoms with Crippen LogP contribution in [0.15, 0.2) is 47.4 Å². The van der Waals surface area contributed by atoms with Crippen molar-refractivity contribution in [2.24, 2.45) is 0 Å². The van der Waals surface area contributed by atoms with Crippen LogP contribution in [-0.4, -0.2) is 47.8 Å². The van der Waals surface area contributed by atoms with Crippen LogP contribution in [-0.2, 0) is 14.8 Å². The van der Waals surface area contributed by atoms with Gasteiger partial charge in [-0.25, -0.2) is 8.42 Å². The van der Waals surface area contributed by atoms with Crippen molar-refractivity contribution in [3.63, 3.8) is 0 Å². The smallest absolute Gasteiger partial charge is 0.261 e. The van der Waals surface area contributed by atoms with Gasteiger partial charge in [-0.2, -0.15) is 0 Å². The first-order valence-corrected chi connectivity index (χ1v) is 9.77. The number of nitrogens with one attached hydrogen (secondary N) is 2. The molecule has 27 heavy (non-hydrogen) atoms. The Kier molecular flexibility index (Phi) is 5.82. The summed E-state index contributed by atoms with van der Waals surface area (Å²) >= 11 is 0. The van der Waals surface area contributed by atoms with Crippen LogP contribution in [0.2, 0.25) is 0 Å². The summed E-state index contributed by atoms with van der Waals surface area (Å²) in [4.78, 5) is 12.0. The monoisotopic (exact) mass is 392 g/mol. The number of hydrogen-bond donors (Lipinski definition) is 2. The first-order chi connectivity index (χ1) is 13.0. The van der Waals surface area contributed by atoms with E-state index in [0.29, 0.717) is 49.1 Å². The number of carbonyl (C=O) groups excluding carboxylic acids is 1. The molecule has 2 aromatic rings. The third-order valence-electron chi connectivity index (χ3n) is 3.81. The summed E-state index contributed by atoms with van der Waals surface area (Å²) < 4.78 is 43.4. The number of rotatable bonds is 7. The van der Waals surface area contributed by atoms with E-state index in [2.05, 4.69) is 10.0 Å². The lowest BCUT2D eigenvalue weighted by Crippen LogP contribution is -2.26. The van der Waals surface area contributed by atoms with E-state index in [-0.39, 0.29) is 10.8 Å². The first-order valence-electron chi connectivity index (χ1n) is 8.29. The van der Waals surface area contributed by atoms with Crippen molar-refractivity contribution in [1.29, 1.82) is 0 Å². The molecule has 0 fully saturated rings. The Balaban J connectivity index is 1.70. The van der Waals surface area contributed by atoms with Gasteiger partial charge in [-0.15, -0.1) is 0 Å². The molecule has 1 aliphatic heterocycles. The van der Waals surface area contributed by atoms with Crippen molar-refractivity contribution in [2.45, 2.75) is 4.90 Å². The number of hydrogen-bond acceptors (Lipinski definition) is 6. The van der Waals surface area contributed by atoms with E-state index in [1.54, 1.807) is 25.3 Å². The number of benzene rings is 2. The quantitative estimate of drug-likeness (QED) is 0.695. The van der Waals surface area contributed by atoms with E-state index in [9.17, 15) is 13.2 Å². The van der Waals surface area contributed by atoms with E-state index < -0.39 is 10.0 Å². The number of ether oxygens (including phenoxy) is 3. The molecule has 0 spiro atoms. The number of methoxy groups -OCH3 is 1. The molecule has 0 radical (unpaired) electrons. The van der Waals surface area contributed by atoms with Crippen molar-refractivity contribution in [3.05, 3.63) is 48.0 Å². The number of anilines is 1. The van der Waals surface area contributed by atoms with E-state index in [0.717, 1.165) is 0 Å². The zero-order valence-electron chi connectivity index (χ0n) is 14.7. The van der Waals surface area contributed by atoms with Gasteiger partial charge in [0.25, 0.3) is 15.9 Å². The number of carbonyl (C=O) groups is 1. The summed E-state index contributed by atoms with van der Waals surface area (Å²) in [6.45, 7) is 1.65. The molecule has 9 heteroatoms. The summed E-state index contributed by atoms with van der Waals surface area (Å²) in [6.07, 6.45) is 0. The lowest BCUT2D eigenvalue weighted by molar-refractivity contribution is 0.0937. The zero-order chi connectivity index (χ0) is 19.3. The normalized spacial score (nSPS) is 13.1. The fraction of sp³-hybridized carbons (Fsp3) is 0.278. The molecule has 3 rings (SSSR count). The minimum absolute atomic E-state index is 0.0471. The van der Waals surface area contributed by atoms with Crippen molar-refractivity contribution in [3.8, 4) is 11.5 Å². The minimum atomic E-state index is -3.80. The van der Waals surface area contributed by atoms with Crippen LogP contribution in [0.3, 0.4) is 0 Å². The Morgan fingerprint density at radius 1 is 1.07 bits per heavy atom. The predicted octanol–water partition coefficient (Wildman–Crippen LogP) is 1.63. The van der Waals surface area contributed by atoms with Gasteiger partial charge >= 0.3 is 0 Å². The van der Waals surface area contributed by atoms with Crippen molar-refractivity contribution in [2.75, 3.05) is 38.2 Å². The summed E-state index contributed by atoms with van der Waals surface area (Å²) in [5, 5.41) is 2.67. The Labute approximate surface area is 157 Å². The van der Waals surface area contributed by atoms with Crippen LogP contribution in [0, 0.1) is 0 Å². The highest BCUT2D eigenvalue weighted by Crippen LogP contribution is 2.33. The Bertz CT molecular complexity index is 912. The molecule has 2 aromatic carbocycles. The molecule has 144 valence electrons. The molecule has 1 amide bonds. The second-order valence-corrected chi connectivity index (χ2v) is 7.42. The summed E-state index contributed by atoms with van der Waals surface area (Å²) in [7, 11) is -2.26. The summed E-state index contributed by atoms with van der Waals surface area (Å²) in [6, 6.07) is 10.5. The second-order valence-electron chi connectivity index (χ2n) is 5.74. The van der Waals surface area contributed by atoms with Gasteiger partial charge in [0.2, 0.25) is 0 Å². The molecule has 1 heterocycles. The molecule has 0 saturated heterocycles. The highest BCUT2D eigenvalue weighted by Gasteiger charge is 2.18. The minimum Gasteiger partial charge on any atom is -0.486 e. The number of sulfonamides is 1. The lowest BCUT2D eigenvalue weighted by Gasteiger charge is -2.19. The highest BCUT2D eigenvalue weighted by atomic mass is 32.2. The van der Waals surface area contributed by atoms with Gasteiger partial charge < -0.3 is 19.5 Å². The fourth-order valence-corrected chi connectivity index (χ4v) is 3.52. The van der Waals surface area contributed by atoms with E-state index in [1.807, 2.05) is 0 Å². The molecular formula is C18H20N2O6S. The van der Waals surface area contributed by atoms with E-state index in [4.69, 9.17) is 14.2 Å². The maximum absolute atomic E-state index is 12.6. The summed E-state index contributed by atoms with van der Waals surface area (Å²) in [5.74, 6) is 0.772. The lowest BCUT2D eigenvalue weighted by atomic mass is 10.2. The molecule has 0 aliphatic carbocycles. The van der Waals surface area contributed by atoms with Gasteiger partial charge in [0.1, 0.15) is 13.2 Å². The summed E-state index contributed by atoms with van der Waals surface area (Å²) in [5.41, 5.74) is 0.727. The Morgan fingerprint density at radius 2 is 1.78 bits per heavy atom. The van der Waals surface area contributed by atoms with Gasteiger partial charge in [-0.1, -0.05) is 0 Å². The second kappa shape index (κ2) is 8.28. The molecule has 8 nitrogen and oxygen atoms in total. The van der Waals surface area contributed by atoms with Crippen LogP contribution in [0.25, 0.3) is 0 Å². The molecule has 1 aliphatic rings. The SMILES string of the molecule is COCCNC(=O)c1ccc(S(=O)(=O)Nc2ccc3c(c2)OCCO3)cc1. The first kappa shape index (κ1) is 19.0. The predicted molar refractivity (Wildman–Crippen MR) is 98.9 cm³/mol. The topological polar surface area (TPSA) is 103 Å². The van der Waals surface area contributed by atoms with E-state index >= 15 is 0 Å². The molecule has 0 bridgehead atoms. The highest BCUT2D eigenvalue weighted by molar-refractivity contribution is 7.92. The van der Waals surface area contributed by atoms with Gasteiger partial charge in [-0.3, -0.25) is 9.52 Å².